The Balaban J connectivity index is 1.63. The van der Waals surface area contributed by atoms with Gasteiger partial charge in [0, 0.05) is 11.5 Å². The Morgan fingerprint density at radius 3 is 2.89 bits per heavy atom. The van der Waals surface area contributed by atoms with Crippen LogP contribution in [0.25, 0.3) is 0 Å². The van der Waals surface area contributed by atoms with E-state index in [-0.39, 0.29) is 5.92 Å². The van der Waals surface area contributed by atoms with Crippen molar-refractivity contribution in [3.8, 4) is 5.75 Å². The molecule has 2 aliphatic rings. The molecule has 0 bridgehead atoms. The number of nitrogens with one attached hydrogen (secondary N) is 1. The summed E-state index contributed by atoms with van der Waals surface area (Å²) < 4.78 is 5.71. The number of hydrogen-bond acceptors (Lipinski definition) is 3. The Hall–Kier alpha value is -1.84. The van der Waals surface area contributed by atoms with E-state index in [4.69, 9.17) is 9.72 Å². The lowest BCUT2D eigenvalue weighted by Gasteiger charge is -2.04. The highest BCUT2D eigenvalue weighted by atomic mass is 16.5. The maximum atomic E-state index is 5.71. The van der Waals surface area contributed by atoms with E-state index in [9.17, 15) is 0 Å². The van der Waals surface area contributed by atoms with Crippen molar-refractivity contribution in [2.45, 2.75) is 37.5 Å². The molecule has 4 heteroatoms. The molecule has 98 valence electrons. The minimum atomic E-state index is 0.207. The molecule has 0 amide bonds. The van der Waals surface area contributed by atoms with Crippen molar-refractivity contribution in [2.24, 2.45) is 0 Å². The van der Waals surface area contributed by atoms with Gasteiger partial charge in [-0.3, -0.25) is 5.10 Å². The van der Waals surface area contributed by atoms with E-state index in [1.807, 2.05) is 12.1 Å². The third-order valence-electron chi connectivity index (χ3n) is 4.27. The van der Waals surface area contributed by atoms with E-state index < -0.39 is 0 Å². The summed E-state index contributed by atoms with van der Waals surface area (Å²) in [6.45, 7) is 0.665. The van der Waals surface area contributed by atoms with Gasteiger partial charge in [0.05, 0.1) is 5.92 Å². The van der Waals surface area contributed by atoms with Crippen LogP contribution in [0.5, 0.6) is 5.75 Å². The largest absolute Gasteiger partial charge is 0.492 e. The number of nitrogens with zero attached hydrogens (tertiary/aromatic N) is 2. The number of benzene rings is 1. The molecule has 4 nitrogen and oxygen atoms in total. The van der Waals surface area contributed by atoms with Gasteiger partial charge < -0.3 is 4.74 Å². The zero-order valence-corrected chi connectivity index (χ0v) is 10.8. The van der Waals surface area contributed by atoms with Gasteiger partial charge in [0.25, 0.3) is 0 Å². The lowest BCUT2D eigenvalue weighted by Crippen LogP contribution is -2.05. The number of fused-ring (bicyclic) bond motifs is 1. The standard InChI is InChI=1S/C15H17N3O/c1-2-6-10(5-1)14-16-15(18-17-14)12-9-19-13-8-4-3-7-11(12)13/h3-4,7-8,10,12H,1-2,5-6,9H2,(H,16,17,18). The molecule has 1 unspecified atom stereocenters. The fraction of sp³-hybridized carbons (Fsp3) is 0.467. The number of rotatable bonds is 2. The van der Waals surface area contributed by atoms with Gasteiger partial charge in [-0.15, -0.1) is 0 Å². The number of hydrogen-bond donors (Lipinski definition) is 1. The Labute approximate surface area is 112 Å². The molecule has 0 saturated heterocycles. The monoisotopic (exact) mass is 255 g/mol. The smallest absolute Gasteiger partial charge is 0.153 e. The maximum Gasteiger partial charge on any atom is 0.153 e. The molecular formula is C15H17N3O. The fourth-order valence-corrected chi connectivity index (χ4v) is 3.20. The number of para-hydroxylation sites is 1. The molecule has 0 spiro atoms. The van der Waals surface area contributed by atoms with Gasteiger partial charge in [0.2, 0.25) is 0 Å². The quantitative estimate of drug-likeness (QED) is 0.897. The van der Waals surface area contributed by atoms with Crippen molar-refractivity contribution in [1.29, 1.82) is 0 Å². The third-order valence-corrected chi connectivity index (χ3v) is 4.27. The van der Waals surface area contributed by atoms with E-state index in [0.717, 1.165) is 17.4 Å². The van der Waals surface area contributed by atoms with Crippen molar-refractivity contribution in [3.63, 3.8) is 0 Å². The molecule has 1 aromatic carbocycles. The van der Waals surface area contributed by atoms with Crippen LogP contribution in [0.1, 0.15) is 54.7 Å². The van der Waals surface area contributed by atoms with Gasteiger partial charge >= 0.3 is 0 Å². The molecule has 1 aromatic heterocycles. The molecule has 1 N–H and O–H groups in total. The second-order valence-electron chi connectivity index (χ2n) is 5.46. The summed E-state index contributed by atoms with van der Waals surface area (Å²) in [6.07, 6.45) is 5.08. The Kier molecular flexibility index (Phi) is 2.53. The normalized spacial score (nSPS) is 22.4. The van der Waals surface area contributed by atoms with Crippen molar-refractivity contribution in [1.82, 2.24) is 15.2 Å². The van der Waals surface area contributed by atoms with Gasteiger partial charge in [-0.25, -0.2) is 4.98 Å². The lowest BCUT2D eigenvalue weighted by molar-refractivity contribution is 0.340. The fourth-order valence-electron chi connectivity index (χ4n) is 3.20. The minimum absolute atomic E-state index is 0.207. The first-order valence-corrected chi connectivity index (χ1v) is 7.06. The van der Waals surface area contributed by atoms with Crippen LogP contribution in [0, 0.1) is 0 Å². The van der Waals surface area contributed by atoms with Crippen molar-refractivity contribution < 1.29 is 4.74 Å². The van der Waals surface area contributed by atoms with Crippen LogP contribution in [0.15, 0.2) is 24.3 Å². The van der Waals surface area contributed by atoms with E-state index in [1.165, 1.54) is 31.2 Å². The predicted octanol–water partition coefficient (Wildman–Crippen LogP) is 2.99. The Morgan fingerprint density at radius 2 is 2.00 bits per heavy atom. The topological polar surface area (TPSA) is 50.8 Å². The van der Waals surface area contributed by atoms with E-state index in [2.05, 4.69) is 22.3 Å². The first kappa shape index (κ1) is 11.0. The van der Waals surface area contributed by atoms with E-state index in [0.29, 0.717) is 12.5 Å². The second-order valence-corrected chi connectivity index (χ2v) is 5.46. The van der Waals surface area contributed by atoms with E-state index in [1.54, 1.807) is 0 Å². The lowest BCUT2D eigenvalue weighted by atomic mass is 10.0. The summed E-state index contributed by atoms with van der Waals surface area (Å²) in [6, 6.07) is 8.19. The highest BCUT2D eigenvalue weighted by Crippen LogP contribution is 2.37. The predicted molar refractivity (Wildman–Crippen MR) is 71.4 cm³/mol. The molecular weight excluding hydrogens is 238 g/mol. The molecule has 19 heavy (non-hydrogen) atoms. The molecule has 2 aromatic rings. The SMILES string of the molecule is c1ccc2c(c1)OCC2c1nc(C2CCCC2)n[nH]1. The Bertz CT molecular complexity index is 587. The van der Waals surface area contributed by atoms with Crippen LogP contribution in [0.4, 0.5) is 0 Å². The molecule has 1 saturated carbocycles. The summed E-state index contributed by atoms with van der Waals surface area (Å²) in [5.74, 6) is 3.69. The first-order valence-electron chi connectivity index (χ1n) is 7.06. The third kappa shape index (κ3) is 1.82. The highest BCUT2D eigenvalue weighted by molar-refractivity contribution is 5.42. The van der Waals surface area contributed by atoms with Gasteiger partial charge in [0.1, 0.15) is 18.2 Å². The van der Waals surface area contributed by atoms with Gasteiger partial charge in [-0.2, -0.15) is 5.10 Å². The number of aromatic nitrogens is 3. The zero-order valence-electron chi connectivity index (χ0n) is 10.8. The summed E-state index contributed by atoms with van der Waals surface area (Å²) in [7, 11) is 0. The first-order chi connectivity index (χ1) is 9.42. The number of aromatic amines is 1. The molecule has 1 aliphatic heterocycles. The van der Waals surface area contributed by atoms with Crippen LogP contribution >= 0.6 is 0 Å². The van der Waals surface area contributed by atoms with Gasteiger partial charge in [-0.1, -0.05) is 31.0 Å². The maximum absolute atomic E-state index is 5.71. The van der Waals surface area contributed by atoms with Crippen molar-refractivity contribution >= 4 is 0 Å². The summed E-state index contributed by atoms with van der Waals surface area (Å²) >= 11 is 0. The summed E-state index contributed by atoms with van der Waals surface area (Å²) in [5, 5.41) is 7.55. The number of H-pyrrole nitrogens is 1. The zero-order chi connectivity index (χ0) is 12.7. The van der Waals surface area contributed by atoms with Gasteiger partial charge in [-0.05, 0) is 18.9 Å². The average molecular weight is 255 g/mol. The van der Waals surface area contributed by atoms with Crippen molar-refractivity contribution in [3.05, 3.63) is 41.5 Å². The van der Waals surface area contributed by atoms with E-state index >= 15 is 0 Å². The molecule has 1 fully saturated rings. The van der Waals surface area contributed by atoms with Crippen LogP contribution in [0.2, 0.25) is 0 Å². The van der Waals surface area contributed by atoms with Crippen LogP contribution in [0.3, 0.4) is 0 Å². The van der Waals surface area contributed by atoms with Crippen LogP contribution < -0.4 is 4.74 Å². The van der Waals surface area contributed by atoms with Crippen molar-refractivity contribution in [2.75, 3.05) is 6.61 Å². The second kappa shape index (κ2) is 4.37. The molecule has 1 aliphatic carbocycles. The molecule has 4 rings (SSSR count). The number of ether oxygens (including phenoxy) is 1. The molecule has 0 radical (unpaired) electrons. The Morgan fingerprint density at radius 1 is 1.16 bits per heavy atom. The minimum Gasteiger partial charge on any atom is -0.492 e. The average Bonchev–Trinajstić information content (AvgIpc) is 3.18. The van der Waals surface area contributed by atoms with Crippen LogP contribution in [-0.4, -0.2) is 21.8 Å². The van der Waals surface area contributed by atoms with Gasteiger partial charge in [0.15, 0.2) is 5.82 Å². The summed E-state index contributed by atoms with van der Waals surface area (Å²) in [4.78, 5) is 4.73. The molecule has 2 heterocycles. The summed E-state index contributed by atoms with van der Waals surface area (Å²) in [5.41, 5.74) is 1.22. The molecule has 1 atom stereocenters. The highest BCUT2D eigenvalue weighted by Gasteiger charge is 2.29. The van der Waals surface area contributed by atoms with Crippen LogP contribution in [-0.2, 0) is 0 Å².